The SMILES string of the molecule is CCNC(=NCc1ccccc1NS(C)(=O)=O)NCCc1ccc(C(C)(C)C)cc1.I. The molecule has 0 unspecified atom stereocenters. The summed E-state index contributed by atoms with van der Waals surface area (Å²) < 4.78 is 25.7. The summed E-state index contributed by atoms with van der Waals surface area (Å²) in [6.45, 7) is 10.5. The first-order valence-electron chi connectivity index (χ1n) is 10.3. The van der Waals surface area contributed by atoms with Crippen LogP contribution in [-0.4, -0.2) is 33.7 Å². The zero-order valence-corrected chi connectivity index (χ0v) is 22.2. The molecule has 0 atom stereocenters. The molecule has 0 aliphatic carbocycles. The summed E-state index contributed by atoms with van der Waals surface area (Å²) in [5.41, 5.74) is 4.13. The second-order valence-corrected chi connectivity index (χ2v) is 10.1. The maximum atomic E-state index is 11.6. The van der Waals surface area contributed by atoms with Crippen LogP contribution in [0.25, 0.3) is 0 Å². The van der Waals surface area contributed by atoms with Crippen LogP contribution < -0.4 is 15.4 Å². The molecule has 0 aliphatic rings. The molecule has 0 heterocycles. The molecule has 0 radical (unpaired) electrons. The minimum absolute atomic E-state index is 0. The van der Waals surface area contributed by atoms with E-state index in [0.717, 1.165) is 31.3 Å². The molecular formula is C23H35IN4O2S. The van der Waals surface area contributed by atoms with E-state index in [1.807, 2.05) is 19.1 Å². The van der Waals surface area contributed by atoms with Gasteiger partial charge in [0, 0.05) is 13.1 Å². The Labute approximate surface area is 204 Å². The highest BCUT2D eigenvalue weighted by Gasteiger charge is 2.12. The first-order chi connectivity index (χ1) is 14.1. The van der Waals surface area contributed by atoms with Crippen molar-refractivity contribution in [1.29, 1.82) is 0 Å². The van der Waals surface area contributed by atoms with E-state index < -0.39 is 10.0 Å². The molecular weight excluding hydrogens is 523 g/mol. The summed E-state index contributed by atoms with van der Waals surface area (Å²) in [6, 6.07) is 16.0. The maximum Gasteiger partial charge on any atom is 0.229 e. The molecule has 0 spiro atoms. The van der Waals surface area contributed by atoms with Crippen molar-refractivity contribution in [3.05, 3.63) is 65.2 Å². The first kappa shape index (κ1) is 27.2. The zero-order chi connectivity index (χ0) is 22.2. The smallest absolute Gasteiger partial charge is 0.229 e. The average Bonchev–Trinajstić information content (AvgIpc) is 2.65. The highest BCUT2D eigenvalue weighted by molar-refractivity contribution is 14.0. The Hall–Kier alpha value is -1.81. The Balaban J connectivity index is 0.00000480. The molecule has 172 valence electrons. The van der Waals surface area contributed by atoms with Gasteiger partial charge in [0.05, 0.1) is 18.5 Å². The molecule has 0 aromatic heterocycles. The Morgan fingerprint density at radius 3 is 2.23 bits per heavy atom. The van der Waals surface area contributed by atoms with Gasteiger partial charge in [0.2, 0.25) is 10.0 Å². The monoisotopic (exact) mass is 558 g/mol. The zero-order valence-electron chi connectivity index (χ0n) is 19.0. The van der Waals surface area contributed by atoms with Crippen molar-refractivity contribution in [2.45, 2.75) is 46.1 Å². The number of nitrogens with zero attached hydrogens (tertiary/aromatic N) is 1. The second kappa shape index (κ2) is 12.3. The number of hydrogen-bond donors (Lipinski definition) is 3. The van der Waals surface area contributed by atoms with Gasteiger partial charge in [-0.25, -0.2) is 13.4 Å². The van der Waals surface area contributed by atoms with Crippen molar-refractivity contribution in [2.75, 3.05) is 24.1 Å². The number of rotatable bonds is 8. The van der Waals surface area contributed by atoms with E-state index in [0.29, 0.717) is 18.2 Å². The topological polar surface area (TPSA) is 82.6 Å². The summed E-state index contributed by atoms with van der Waals surface area (Å²) in [7, 11) is -3.34. The lowest BCUT2D eigenvalue weighted by Gasteiger charge is -2.19. The number of sulfonamides is 1. The summed E-state index contributed by atoms with van der Waals surface area (Å²) >= 11 is 0. The number of nitrogens with one attached hydrogen (secondary N) is 3. The van der Waals surface area contributed by atoms with E-state index in [9.17, 15) is 8.42 Å². The molecule has 0 aliphatic heterocycles. The van der Waals surface area contributed by atoms with Crippen LogP contribution in [0.1, 0.15) is 44.4 Å². The van der Waals surface area contributed by atoms with Gasteiger partial charge in [-0.05, 0) is 41.5 Å². The van der Waals surface area contributed by atoms with Gasteiger partial charge in [-0.15, -0.1) is 24.0 Å². The van der Waals surface area contributed by atoms with Crippen LogP contribution in [0.15, 0.2) is 53.5 Å². The van der Waals surface area contributed by atoms with Crippen LogP contribution >= 0.6 is 24.0 Å². The van der Waals surface area contributed by atoms with Gasteiger partial charge in [0.1, 0.15) is 0 Å². The van der Waals surface area contributed by atoms with Crippen LogP contribution in [0, 0.1) is 0 Å². The summed E-state index contributed by atoms with van der Waals surface area (Å²) in [5, 5.41) is 6.59. The summed E-state index contributed by atoms with van der Waals surface area (Å²) in [6.07, 6.45) is 2.04. The van der Waals surface area contributed by atoms with Gasteiger partial charge in [0.25, 0.3) is 0 Å². The predicted octanol–water partition coefficient (Wildman–Crippen LogP) is 4.27. The molecule has 3 N–H and O–H groups in total. The number of para-hydroxylation sites is 1. The van der Waals surface area contributed by atoms with E-state index >= 15 is 0 Å². The summed E-state index contributed by atoms with van der Waals surface area (Å²) in [4.78, 5) is 4.61. The van der Waals surface area contributed by atoms with Crippen LogP contribution in [0.5, 0.6) is 0 Å². The molecule has 6 nitrogen and oxygen atoms in total. The number of halogens is 1. The Kier molecular flexibility index (Phi) is 10.8. The lowest BCUT2D eigenvalue weighted by Crippen LogP contribution is -2.38. The largest absolute Gasteiger partial charge is 0.357 e. The number of anilines is 1. The van der Waals surface area contributed by atoms with Gasteiger partial charge in [-0.3, -0.25) is 4.72 Å². The summed E-state index contributed by atoms with van der Waals surface area (Å²) in [5.74, 6) is 0.706. The molecule has 2 aromatic carbocycles. The normalized spacial score (nSPS) is 12.1. The third kappa shape index (κ3) is 9.90. The van der Waals surface area contributed by atoms with Crippen molar-refractivity contribution in [3.63, 3.8) is 0 Å². The molecule has 0 saturated heterocycles. The number of aliphatic imine (C=N–C) groups is 1. The number of hydrogen-bond acceptors (Lipinski definition) is 3. The van der Waals surface area contributed by atoms with E-state index in [1.54, 1.807) is 12.1 Å². The van der Waals surface area contributed by atoms with Crippen LogP contribution in [0.2, 0.25) is 0 Å². The third-order valence-electron chi connectivity index (χ3n) is 4.59. The van der Waals surface area contributed by atoms with Crippen LogP contribution in [-0.2, 0) is 28.4 Å². The van der Waals surface area contributed by atoms with Gasteiger partial charge in [0.15, 0.2) is 5.96 Å². The highest BCUT2D eigenvalue weighted by Crippen LogP contribution is 2.22. The average molecular weight is 559 g/mol. The fourth-order valence-corrected chi connectivity index (χ4v) is 3.56. The van der Waals surface area contributed by atoms with Crippen molar-refractivity contribution in [2.24, 2.45) is 4.99 Å². The molecule has 0 saturated carbocycles. The predicted molar refractivity (Wildman–Crippen MR) is 142 cm³/mol. The van der Waals surface area contributed by atoms with Crippen molar-refractivity contribution in [3.8, 4) is 0 Å². The maximum absolute atomic E-state index is 11.6. The van der Waals surface area contributed by atoms with Crippen molar-refractivity contribution < 1.29 is 8.42 Å². The van der Waals surface area contributed by atoms with Crippen LogP contribution in [0.4, 0.5) is 5.69 Å². The molecule has 2 rings (SSSR count). The molecule has 0 fully saturated rings. The third-order valence-corrected chi connectivity index (χ3v) is 5.18. The van der Waals surface area contributed by atoms with Crippen molar-refractivity contribution in [1.82, 2.24) is 10.6 Å². The molecule has 0 bridgehead atoms. The fourth-order valence-electron chi connectivity index (χ4n) is 2.96. The fraction of sp³-hybridized carbons (Fsp3) is 0.435. The Morgan fingerprint density at radius 2 is 1.65 bits per heavy atom. The molecule has 31 heavy (non-hydrogen) atoms. The van der Waals surface area contributed by atoms with Crippen molar-refractivity contribution >= 4 is 45.6 Å². The molecule has 8 heteroatoms. The van der Waals surface area contributed by atoms with Crippen LogP contribution in [0.3, 0.4) is 0 Å². The van der Waals surface area contributed by atoms with E-state index in [1.165, 1.54) is 11.1 Å². The van der Waals surface area contributed by atoms with Gasteiger partial charge < -0.3 is 10.6 Å². The quantitative estimate of drug-likeness (QED) is 0.257. The van der Waals surface area contributed by atoms with E-state index in [2.05, 4.69) is 65.4 Å². The van der Waals surface area contributed by atoms with Gasteiger partial charge >= 0.3 is 0 Å². The number of guanidine groups is 1. The Morgan fingerprint density at radius 1 is 1.00 bits per heavy atom. The Bertz CT molecular complexity index is 952. The lowest BCUT2D eigenvalue weighted by atomic mass is 9.86. The second-order valence-electron chi connectivity index (χ2n) is 8.35. The number of benzene rings is 2. The molecule has 2 aromatic rings. The van der Waals surface area contributed by atoms with Gasteiger partial charge in [-0.1, -0.05) is 63.2 Å². The minimum Gasteiger partial charge on any atom is -0.357 e. The van der Waals surface area contributed by atoms with Gasteiger partial charge in [-0.2, -0.15) is 0 Å². The lowest BCUT2D eigenvalue weighted by molar-refractivity contribution is 0.590. The van der Waals surface area contributed by atoms with E-state index in [-0.39, 0.29) is 29.4 Å². The minimum atomic E-state index is -3.34. The highest BCUT2D eigenvalue weighted by atomic mass is 127. The first-order valence-corrected chi connectivity index (χ1v) is 12.1. The molecule has 0 amide bonds. The standard InChI is InChI=1S/C23H34N4O2S.HI/c1-6-24-22(25-16-15-18-11-13-20(14-12-18)23(2,3)4)26-17-19-9-7-8-10-21(19)27-30(5,28)29;/h7-14,27H,6,15-17H2,1-5H3,(H2,24,25,26);1H. The van der Waals surface area contributed by atoms with E-state index in [4.69, 9.17) is 0 Å².